The Kier molecular flexibility index (Phi) is 3.59. The van der Waals surface area contributed by atoms with Gasteiger partial charge in [-0.2, -0.15) is 0 Å². The number of ether oxygens (including phenoxy) is 1. The first kappa shape index (κ1) is 9.34. The molecule has 0 saturated carbocycles. The molecule has 0 fully saturated rings. The van der Waals surface area contributed by atoms with Crippen LogP contribution >= 0.6 is 0 Å². The van der Waals surface area contributed by atoms with E-state index in [1.54, 1.807) is 13.3 Å². The van der Waals surface area contributed by atoms with E-state index in [9.17, 15) is 0 Å². The van der Waals surface area contributed by atoms with Crippen molar-refractivity contribution >= 4 is 6.21 Å². The molecular formula is C11H11NO. The first-order valence-electron chi connectivity index (χ1n) is 3.96. The lowest BCUT2D eigenvalue weighted by Crippen LogP contribution is -1.96. The standard InChI is InChI=1S/C11H11NO/c1-3-8-13-11-7-5-4-6-10(11)9-12-2/h1,4-7,9H,8H2,2H3. The maximum absolute atomic E-state index is 5.31. The van der Waals surface area contributed by atoms with E-state index < -0.39 is 0 Å². The van der Waals surface area contributed by atoms with Crippen LogP contribution in [0.25, 0.3) is 0 Å². The number of terminal acetylenes is 1. The SMILES string of the molecule is C#CCOc1ccccc1C=NC. The third-order valence-corrected chi connectivity index (χ3v) is 1.50. The molecule has 0 heterocycles. The molecule has 13 heavy (non-hydrogen) atoms. The first-order valence-corrected chi connectivity index (χ1v) is 3.96. The van der Waals surface area contributed by atoms with E-state index in [4.69, 9.17) is 11.2 Å². The minimum absolute atomic E-state index is 0.286. The van der Waals surface area contributed by atoms with Crippen molar-refractivity contribution in [3.63, 3.8) is 0 Å². The smallest absolute Gasteiger partial charge is 0.148 e. The van der Waals surface area contributed by atoms with Crippen LogP contribution < -0.4 is 4.74 Å². The lowest BCUT2D eigenvalue weighted by Gasteiger charge is -2.04. The van der Waals surface area contributed by atoms with Gasteiger partial charge in [0.25, 0.3) is 0 Å². The lowest BCUT2D eigenvalue weighted by atomic mass is 10.2. The highest BCUT2D eigenvalue weighted by atomic mass is 16.5. The zero-order valence-corrected chi connectivity index (χ0v) is 7.53. The number of hydrogen-bond donors (Lipinski definition) is 0. The molecule has 2 heteroatoms. The molecule has 0 bridgehead atoms. The maximum atomic E-state index is 5.31. The topological polar surface area (TPSA) is 21.6 Å². The third-order valence-electron chi connectivity index (χ3n) is 1.50. The molecule has 0 aromatic heterocycles. The molecule has 0 amide bonds. The predicted molar refractivity (Wildman–Crippen MR) is 54.3 cm³/mol. The van der Waals surface area contributed by atoms with E-state index in [1.807, 2.05) is 24.3 Å². The summed E-state index contributed by atoms with van der Waals surface area (Å²) in [6, 6.07) is 7.63. The van der Waals surface area contributed by atoms with E-state index in [1.165, 1.54) is 0 Å². The molecule has 0 unspecified atom stereocenters. The van der Waals surface area contributed by atoms with Gasteiger partial charge in [-0.1, -0.05) is 18.1 Å². The molecule has 0 N–H and O–H groups in total. The van der Waals surface area contributed by atoms with Crippen molar-refractivity contribution in [2.24, 2.45) is 4.99 Å². The largest absolute Gasteiger partial charge is 0.480 e. The average molecular weight is 173 g/mol. The van der Waals surface area contributed by atoms with Gasteiger partial charge in [0.2, 0.25) is 0 Å². The van der Waals surface area contributed by atoms with E-state index >= 15 is 0 Å². The van der Waals surface area contributed by atoms with Crippen LogP contribution in [0.5, 0.6) is 5.75 Å². The highest BCUT2D eigenvalue weighted by Gasteiger charge is 1.97. The van der Waals surface area contributed by atoms with Crippen molar-refractivity contribution in [1.82, 2.24) is 0 Å². The van der Waals surface area contributed by atoms with Crippen molar-refractivity contribution in [3.05, 3.63) is 29.8 Å². The Hall–Kier alpha value is -1.75. The molecule has 66 valence electrons. The fraction of sp³-hybridized carbons (Fsp3) is 0.182. The Morgan fingerprint density at radius 3 is 3.00 bits per heavy atom. The number of benzene rings is 1. The fourth-order valence-electron chi connectivity index (χ4n) is 0.977. The number of aliphatic imine (C=N–C) groups is 1. The Labute approximate surface area is 78.3 Å². The lowest BCUT2D eigenvalue weighted by molar-refractivity contribution is 0.370. The Bertz CT molecular complexity index is 336. The van der Waals surface area contributed by atoms with Gasteiger partial charge in [-0.25, -0.2) is 0 Å². The van der Waals surface area contributed by atoms with Crippen LogP contribution in [-0.4, -0.2) is 19.9 Å². The minimum atomic E-state index is 0.286. The van der Waals surface area contributed by atoms with Gasteiger partial charge < -0.3 is 4.74 Å². The number of hydrogen-bond acceptors (Lipinski definition) is 2. The highest BCUT2D eigenvalue weighted by molar-refractivity contribution is 5.83. The summed E-state index contributed by atoms with van der Waals surface area (Å²) in [5, 5.41) is 0. The van der Waals surface area contributed by atoms with E-state index in [0.29, 0.717) is 0 Å². The van der Waals surface area contributed by atoms with Crippen LogP contribution in [0.4, 0.5) is 0 Å². The number of nitrogens with zero attached hydrogens (tertiary/aromatic N) is 1. The predicted octanol–water partition coefficient (Wildman–Crippen LogP) is 1.75. The van der Waals surface area contributed by atoms with Crippen LogP contribution in [0.3, 0.4) is 0 Å². The summed E-state index contributed by atoms with van der Waals surface area (Å²) in [6.45, 7) is 0.286. The van der Waals surface area contributed by atoms with Gasteiger partial charge in [-0.3, -0.25) is 4.99 Å². The van der Waals surface area contributed by atoms with Crippen LogP contribution in [0.1, 0.15) is 5.56 Å². The van der Waals surface area contributed by atoms with Crippen molar-refractivity contribution in [3.8, 4) is 18.1 Å². The molecule has 0 radical (unpaired) electrons. The van der Waals surface area contributed by atoms with Crippen molar-refractivity contribution < 1.29 is 4.74 Å². The summed E-state index contributed by atoms with van der Waals surface area (Å²) in [5.41, 5.74) is 0.945. The molecule has 0 saturated heterocycles. The van der Waals surface area contributed by atoms with Crippen LogP contribution in [0.15, 0.2) is 29.3 Å². The summed E-state index contributed by atoms with van der Waals surface area (Å²) in [4.78, 5) is 3.92. The minimum Gasteiger partial charge on any atom is -0.480 e. The molecule has 1 aromatic rings. The molecule has 1 rings (SSSR count). The molecule has 0 aliphatic rings. The Balaban J connectivity index is 2.85. The van der Waals surface area contributed by atoms with Crippen LogP contribution in [-0.2, 0) is 0 Å². The second kappa shape index (κ2) is 5.00. The average Bonchev–Trinajstić information content (AvgIpc) is 2.17. The van der Waals surface area contributed by atoms with E-state index in [2.05, 4.69) is 10.9 Å². The number of rotatable bonds is 3. The first-order chi connectivity index (χ1) is 6.38. The van der Waals surface area contributed by atoms with Crippen molar-refractivity contribution in [1.29, 1.82) is 0 Å². The molecule has 0 aliphatic heterocycles. The van der Waals surface area contributed by atoms with Gasteiger partial charge in [0, 0.05) is 18.8 Å². The van der Waals surface area contributed by atoms with Crippen molar-refractivity contribution in [2.75, 3.05) is 13.7 Å². The second-order valence-electron chi connectivity index (χ2n) is 2.42. The van der Waals surface area contributed by atoms with Crippen molar-refractivity contribution in [2.45, 2.75) is 0 Å². The maximum Gasteiger partial charge on any atom is 0.148 e. The summed E-state index contributed by atoms with van der Waals surface area (Å²) in [7, 11) is 1.72. The van der Waals surface area contributed by atoms with Gasteiger partial charge in [0.15, 0.2) is 0 Å². The summed E-state index contributed by atoms with van der Waals surface area (Å²) in [5.74, 6) is 3.19. The van der Waals surface area contributed by atoms with Gasteiger partial charge in [0.1, 0.15) is 12.4 Å². The van der Waals surface area contributed by atoms with Gasteiger partial charge in [0.05, 0.1) is 0 Å². The van der Waals surface area contributed by atoms with Gasteiger partial charge >= 0.3 is 0 Å². The highest BCUT2D eigenvalue weighted by Crippen LogP contribution is 2.15. The molecule has 1 aromatic carbocycles. The third kappa shape index (κ3) is 2.64. The summed E-state index contributed by atoms with van der Waals surface area (Å²) >= 11 is 0. The molecule has 0 atom stereocenters. The summed E-state index contributed by atoms with van der Waals surface area (Å²) < 4.78 is 5.31. The van der Waals surface area contributed by atoms with Gasteiger partial charge in [-0.05, 0) is 12.1 Å². The molecule has 2 nitrogen and oxygen atoms in total. The molecule has 0 aliphatic carbocycles. The normalized spacial score (nSPS) is 9.85. The Morgan fingerprint density at radius 1 is 1.54 bits per heavy atom. The number of para-hydroxylation sites is 1. The van der Waals surface area contributed by atoms with Crippen LogP contribution in [0.2, 0.25) is 0 Å². The van der Waals surface area contributed by atoms with Crippen LogP contribution in [0, 0.1) is 12.3 Å². The fourth-order valence-corrected chi connectivity index (χ4v) is 0.977. The second-order valence-corrected chi connectivity index (χ2v) is 2.42. The Morgan fingerprint density at radius 2 is 2.31 bits per heavy atom. The monoisotopic (exact) mass is 173 g/mol. The molecule has 0 spiro atoms. The van der Waals surface area contributed by atoms with Gasteiger partial charge in [-0.15, -0.1) is 6.42 Å². The summed E-state index contributed by atoms with van der Waals surface area (Å²) in [6.07, 6.45) is 6.83. The molecular weight excluding hydrogens is 162 g/mol. The quantitative estimate of drug-likeness (QED) is 0.504. The van der Waals surface area contributed by atoms with E-state index in [-0.39, 0.29) is 6.61 Å². The zero-order valence-electron chi connectivity index (χ0n) is 7.53. The van der Waals surface area contributed by atoms with E-state index in [0.717, 1.165) is 11.3 Å². The zero-order chi connectivity index (χ0) is 9.52.